The Morgan fingerprint density at radius 1 is 0.281 bits per heavy atom. The smallest absolute Gasteiger partial charge is 0.462 e. The van der Waals surface area contributed by atoms with Crippen molar-refractivity contribution in [2.75, 3.05) is 39.6 Å². The Labute approximate surface area is 543 Å². The largest absolute Gasteiger partial charge is 0.472 e. The quantitative estimate of drug-likeness (QED) is 0.0222. The molecule has 0 aliphatic carbocycles. The van der Waals surface area contributed by atoms with Gasteiger partial charge in [0.25, 0.3) is 0 Å². The highest BCUT2D eigenvalue weighted by molar-refractivity contribution is 7.47. The summed E-state index contributed by atoms with van der Waals surface area (Å²) in [7, 11) is -9.90. The maximum atomic E-state index is 13.0. The number of phosphoric ester groups is 2. The number of carbonyl (C=O) groups excluding carboxylic acids is 4. The lowest BCUT2D eigenvalue weighted by Gasteiger charge is -2.21. The van der Waals surface area contributed by atoms with Crippen LogP contribution < -0.4 is 0 Å². The second kappa shape index (κ2) is 59.8. The van der Waals surface area contributed by atoms with Gasteiger partial charge in [-0.15, -0.1) is 0 Å². The SMILES string of the molecule is CC(C)CCCCCCCCCCCCCCCC(=O)OC[C@H](COP(=O)(O)OCC(O)COP(=O)(O)OC[C@@H](COC(=O)CCCCCCCCCC(C)C)OC(=O)CCCCCCCCCC(C)C)OC(=O)CCCCCCCCCCCCC(C)C. The average Bonchev–Trinajstić information content (AvgIpc) is 3.68. The molecule has 17 nitrogen and oxygen atoms in total. The lowest BCUT2D eigenvalue weighted by molar-refractivity contribution is -0.161. The number of carbonyl (C=O) groups is 4. The van der Waals surface area contributed by atoms with Crippen LogP contribution in [0.5, 0.6) is 0 Å². The van der Waals surface area contributed by atoms with Crippen molar-refractivity contribution < 1.29 is 80.2 Å². The first kappa shape index (κ1) is 87.1. The molecule has 0 rings (SSSR count). The number of phosphoric acid groups is 2. The molecule has 0 saturated heterocycles. The van der Waals surface area contributed by atoms with Crippen LogP contribution in [0.3, 0.4) is 0 Å². The van der Waals surface area contributed by atoms with E-state index in [9.17, 15) is 43.2 Å². The van der Waals surface area contributed by atoms with Gasteiger partial charge in [-0.2, -0.15) is 0 Å². The summed E-state index contributed by atoms with van der Waals surface area (Å²) in [6.07, 6.45) is 41.9. The van der Waals surface area contributed by atoms with Crippen molar-refractivity contribution >= 4 is 39.5 Å². The Hall–Kier alpha value is -1.94. The van der Waals surface area contributed by atoms with E-state index < -0.39 is 97.5 Å². The fourth-order valence-electron chi connectivity index (χ4n) is 10.5. The Bertz CT molecular complexity index is 1760. The van der Waals surface area contributed by atoms with Gasteiger partial charge in [-0.3, -0.25) is 37.3 Å². The van der Waals surface area contributed by atoms with Crippen LogP contribution in [-0.4, -0.2) is 96.7 Å². The third kappa shape index (κ3) is 64.6. The molecule has 0 fully saturated rings. The van der Waals surface area contributed by atoms with Crippen LogP contribution in [0.25, 0.3) is 0 Å². The van der Waals surface area contributed by atoms with E-state index in [4.69, 9.17) is 37.0 Å². The van der Waals surface area contributed by atoms with Crippen LogP contribution in [0.2, 0.25) is 0 Å². The number of hydrogen-bond donors (Lipinski definition) is 3. The number of hydrogen-bond acceptors (Lipinski definition) is 15. The van der Waals surface area contributed by atoms with Gasteiger partial charge in [-0.05, 0) is 49.4 Å². The molecule has 3 N–H and O–H groups in total. The second-order valence-corrected chi connectivity index (χ2v) is 30.1. The monoisotopic (exact) mass is 1310 g/mol. The minimum Gasteiger partial charge on any atom is -0.462 e. The molecule has 3 unspecified atom stereocenters. The molecule has 0 radical (unpaired) electrons. The summed E-state index contributed by atoms with van der Waals surface area (Å²) < 4.78 is 68.2. The normalized spacial score (nSPS) is 14.3. The zero-order chi connectivity index (χ0) is 66.1. The molecule has 528 valence electrons. The van der Waals surface area contributed by atoms with Crippen LogP contribution in [0.1, 0.15) is 344 Å². The average molecular weight is 1310 g/mol. The molecular weight excluding hydrogens is 1170 g/mol. The molecule has 0 aliphatic rings. The van der Waals surface area contributed by atoms with E-state index in [1.807, 2.05) is 0 Å². The maximum absolute atomic E-state index is 13.0. The van der Waals surface area contributed by atoms with Crippen LogP contribution in [0, 0.1) is 23.7 Å². The Morgan fingerprint density at radius 2 is 0.472 bits per heavy atom. The van der Waals surface area contributed by atoms with Crippen molar-refractivity contribution in [1.29, 1.82) is 0 Å². The van der Waals surface area contributed by atoms with Gasteiger partial charge >= 0.3 is 39.5 Å². The topological polar surface area (TPSA) is 237 Å². The highest BCUT2D eigenvalue weighted by atomic mass is 31.2. The highest BCUT2D eigenvalue weighted by Crippen LogP contribution is 2.45. The molecule has 5 atom stereocenters. The van der Waals surface area contributed by atoms with Crippen molar-refractivity contribution in [1.82, 2.24) is 0 Å². The lowest BCUT2D eigenvalue weighted by atomic mass is 10.0. The molecule has 19 heteroatoms. The highest BCUT2D eigenvalue weighted by Gasteiger charge is 2.30. The number of aliphatic hydroxyl groups is 1. The van der Waals surface area contributed by atoms with Gasteiger partial charge < -0.3 is 33.8 Å². The van der Waals surface area contributed by atoms with Crippen molar-refractivity contribution in [2.24, 2.45) is 23.7 Å². The zero-order valence-corrected chi connectivity index (χ0v) is 59.8. The van der Waals surface area contributed by atoms with Gasteiger partial charge in [-0.1, -0.05) is 293 Å². The van der Waals surface area contributed by atoms with E-state index in [0.717, 1.165) is 108 Å². The summed E-state index contributed by atoms with van der Waals surface area (Å²) in [6.45, 7) is 14.0. The third-order valence-corrected chi connectivity index (χ3v) is 18.0. The molecule has 0 aromatic carbocycles. The van der Waals surface area contributed by atoms with E-state index in [-0.39, 0.29) is 25.7 Å². The number of unbranched alkanes of at least 4 members (excludes halogenated alkanes) is 33. The predicted molar refractivity (Wildman–Crippen MR) is 358 cm³/mol. The van der Waals surface area contributed by atoms with E-state index >= 15 is 0 Å². The first-order valence-corrected chi connectivity index (χ1v) is 39.2. The van der Waals surface area contributed by atoms with Crippen LogP contribution in [-0.2, 0) is 65.4 Å². The number of ether oxygens (including phenoxy) is 4. The number of aliphatic hydroxyl groups excluding tert-OH is 1. The summed E-state index contributed by atoms with van der Waals surface area (Å²) in [5.74, 6) is 0.812. The molecular formula is C70H136O17P2. The first-order valence-electron chi connectivity index (χ1n) is 36.2. The Morgan fingerprint density at radius 3 is 0.697 bits per heavy atom. The molecule has 0 spiro atoms. The summed E-state index contributed by atoms with van der Waals surface area (Å²) in [4.78, 5) is 72.5. The fourth-order valence-corrected chi connectivity index (χ4v) is 12.1. The van der Waals surface area contributed by atoms with Crippen molar-refractivity contribution in [3.05, 3.63) is 0 Å². The van der Waals surface area contributed by atoms with Gasteiger partial charge in [0, 0.05) is 25.7 Å². The van der Waals surface area contributed by atoms with Crippen molar-refractivity contribution in [3.63, 3.8) is 0 Å². The van der Waals surface area contributed by atoms with Gasteiger partial charge in [0.2, 0.25) is 0 Å². The molecule has 0 amide bonds. The van der Waals surface area contributed by atoms with Crippen molar-refractivity contribution in [2.45, 2.75) is 363 Å². The molecule has 0 aliphatic heterocycles. The van der Waals surface area contributed by atoms with E-state index in [1.165, 1.54) is 141 Å². The van der Waals surface area contributed by atoms with Crippen LogP contribution in [0.4, 0.5) is 0 Å². The summed E-state index contributed by atoms with van der Waals surface area (Å²) in [5.41, 5.74) is 0. The Balaban J connectivity index is 5.23. The summed E-state index contributed by atoms with van der Waals surface area (Å²) >= 11 is 0. The number of esters is 4. The number of rotatable bonds is 67. The molecule has 0 saturated carbocycles. The first-order chi connectivity index (χ1) is 42.6. The fraction of sp³-hybridized carbons (Fsp3) is 0.943. The molecule has 0 aromatic heterocycles. The van der Waals surface area contributed by atoms with Gasteiger partial charge in [0.05, 0.1) is 26.4 Å². The second-order valence-electron chi connectivity index (χ2n) is 27.2. The lowest BCUT2D eigenvalue weighted by Crippen LogP contribution is -2.30. The third-order valence-electron chi connectivity index (χ3n) is 16.1. The molecule has 0 aromatic rings. The van der Waals surface area contributed by atoms with Crippen molar-refractivity contribution in [3.8, 4) is 0 Å². The summed E-state index contributed by atoms with van der Waals surface area (Å²) in [6, 6.07) is 0. The molecule has 0 heterocycles. The minimum atomic E-state index is -4.95. The predicted octanol–water partition coefficient (Wildman–Crippen LogP) is 19.7. The standard InChI is InChI=1S/C70H136O17P2/c1-60(2)46-38-30-22-16-12-10-9-11-13-18-26-34-42-50-67(72)80-56-65(86-69(74)52-44-36-27-19-15-14-17-23-31-39-47-61(3)4)58-84-88(76,77)82-54-64(71)55-83-89(78,79)85-59-66(87-70(75)53-45-37-29-21-25-33-41-49-63(7)8)57-81-68(73)51-43-35-28-20-24-32-40-48-62(5)6/h60-66,71H,9-59H2,1-8H3,(H,76,77)(H,78,79)/t64?,65-,66-/m1/s1. The van der Waals surface area contributed by atoms with Gasteiger partial charge in [0.15, 0.2) is 12.2 Å². The maximum Gasteiger partial charge on any atom is 0.472 e. The molecule has 89 heavy (non-hydrogen) atoms. The van der Waals surface area contributed by atoms with E-state index in [1.54, 1.807) is 0 Å². The van der Waals surface area contributed by atoms with E-state index in [0.29, 0.717) is 37.5 Å². The zero-order valence-electron chi connectivity index (χ0n) is 58.1. The molecule has 0 bridgehead atoms. The summed E-state index contributed by atoms with van der Waals surface area (Å²) in [5, 5.41) is 10.6. The van der Waals surface area contributed by atoms with Crippen LogP contribution in [0.15, 0.2) is 0 Å². The Kier molecular flexibility index (Phi) is 58.5. The minimum absolute atomic E-state index is 0.102. The van der Waals surface area contributed by atoms with Gasteiger partial charge in [-0.25, -0.2) is 9.13 Å². The van der Waals surface area contributed by atoms with Crippen LogP contribution >= 0.6 is 15.6 Å². The van der Waals surface area contributed by atoms with Gasteiger partial charge in [0.1, 0.15) is 19.3 Å². The van der Waals surface area contributed by atoms with E-state index in [2.05, 4.69) is 55.4 Å².